The number of carbonyl (C=O) groups is 1. The number of hydrogen-bond donors (Lipinski definition) is 1. The number of anilines is 1. The lowest BCUT2D eigenvalue weighted by Crippen LogP contribution is -2.14. The van der Waals surface area contributed by atoms with Gasteiger partial charge in [0.15, 0.2) is 5.13 Å². The van der Waals surface area contributed by atoms with Crippen LogP contribution in [0, 0.1) is 0 Å². The predicted octanol–water partition coefficient (Wildman–Crippen LogP) is 4.08. The van der Waals surface area contributed by atoms with Gasteiger partial charge in [0.1, 0.15) is 0 Å². The zero-order valence-electron chi connectivity index (χ0n) is 15.6. The number of carbonyl (C=O) groups excluding carboxylic acids is 1. The van der Waals surface area contributed by atoms with Crippen LogP contribution in [0.2, 0.25) is 0 Å². The Labute approximate surface area is 176 Å². The van der Waals surface area contributed by atoms with Crippen molar-refractivity contribution in [3.63, 3.8) is 0 Å². The molecule has 9 heteroatoms. The summed E-state index contributed by atoms with van der Waals surface area (Å²) in [7, 11) is 0. The largest absolute Gasteiger partial charge is 0.301 e. The van der Waals surface area contributed by atoms with Gasteiger partial charge in [-0.15, -0.1) is 16.4 Å². The summed E-state index contributed by atoms with van der Waals surface area (Å²) in [6, 6.07) is 17.9. The van der Waals surface area contributed by atoms with E-state index in [9.17, 15) is 4.79 Å². The van der Waals surface area contributed by atoms with Gasteiger partial charge in [0.25, 0.3) is 0 Å². The van der Waals surface area contributed by atoms with E-state index in [-0.39, 0.29) is 11.7 Å². The fourth-order valence-corrected chi connectivity index (χ4v) is 4.09. The summed E-state index contributed by atoms with van der Waals surface area (Å²) in [5.74, 6) is 0.0349. The van der Waals surface area contributed by atoms with Crippen LogP contribution in [0.25, 0.3) is 16.9 Å². The third kappa shape index (κ3) is 4.69. The number of aromatic nitrogens is 5. The Hall–Kier alpha value is -3.04. The van der Waals surface area contributed by atoms with Crippen molar-refractivity contribution in [3.05, 3.63) is 65.5 Å². The maximum absolute atomic E-state index is 12.3. The molecule has 0 radical (unpaired) electrons. The molecule has 146 valence electrons. The Kier molecular flexibility index (Phi) is 5.97. The van der Waals surface area contributed by atoms with Crippen molar-refractivity contribution in [2.45, 2.75) is 18.5 Å². The fraction of sp³-hybridized carbons (Fsp3) is 0.150. The van der Waals surface area contributed by atoms with Crippen LogP contribution >= 0.6 is 23.1 Å². The van der Waals surface area contributed by atoms with E-state index in [0.29, 0.717) is 10.3 Å². The third-order valence-corrected chi connectivity index (χ3v) is 5.86. The van der Waals surface area contributed by atoms with Gasteiger partial charge in [-0.25, -0.2) is 4.98 Å². The third-order valence-electron chi connectivity index (χ3n) is 4.18. The van der Waals surface area contributed by atoms with E-state index in [1.165, 1.54) is 28.7 Å². The zero-order chi connectivity index (χ0) is 20.1. The number of rotatable bonds is 7. The monoisotopic (exact) mass is 422 g/mol. The molecule has 0 aliphatic heterocycles. The molecule has 0 spiro atoms. The Balaban J connectivity index is 1.36. The molecule has 0 atom stereocenters. The van der Waals surface area contributed by atoms with Crippen LogP contribution in [-0.2, 0) is 11.2 Å². The normalized spacial score (nSPS) is 10.8. The van der Waals surface area contributed by atoms with Crippen molar-refractivity contribution in [1.29, 1.82) is 0 Å². The van der Waals surface area contributed by atoms with Gasteiger partial charge in [-0.1, -0.05) is 61.2 Å². The Morgan fingerprint density at radius 3 is 2.69 bits per heavy atom. The number of thioether (sulfide) groups is 1. The van der Waals surface area contributed by atoms with Crippen molar-refractivity contribution >= 4 is 34.1 Å². The summed E-state index contributed by atoms with van der Waals surface area (Å²) in [5, 5.41) is 17.6. The molecule has 0 aliphatic carbocycles. The van der Waals surface area contributed by atoms with Crippen LogP contribution in [0.3, 0.4) is 0 Å². The number of aryl methyl sites for hydroxylation is 1. The Bertz CT molecular complexity index is 1090. The van der Waals surface area contributed by atoms with Crippen LogP contribution in [0.5, 0.6) is 0 Å². The van der Waals surface area contributed by atoms with Crippen LogP contribution in [-0.4, -0.2) is 36.9 Å². The first-order chi connectivity index (χ1) is 14.2. The molecule has 0 unspecified atom stereocenters. The van der Waals surface area contributed by atoms with Gasteiger partial charge in [-0.3, -0.25) is 4.79 Å². The summed E-state index contributed by atoms with van der Waals surface area (Å²) < 4.78 is 1.61. The zero-order valence-corrected chi connectivity index (χ0v) is 17.3. The number of amides is 1. The van der Waals surface area contributed by atoms with E-state index in [0.717, 1.165) is 23.4 Å². The van der Waals surface area contributed by atoms with Crippen molar-refractivity contribution in [1.82, 2.24) is 25.2 Å². The number of nitrogens with one attached hydrogen (secondary N) is 1. The van der Waals surface area contributed by atoms with E-state index in [2.05, 4.69) is 57.0 Å². The van der Waals surface area contributed by atoms with E-state index in [1.807, 2.05) is 35.7 Å². The maximum atomic E-state index is 12.3. The minimum Gasteiger partial charge on any atom is -0.301 e. The quantitative estimate of drug-likeness (QED) is 0.452. The number of para-hydroxylation sites is 1. The van der Waals surface area contributed by atoms with Gasteiger partial charge in [0.05, 0.1) is 17.1 Å². The van der Waals surface area contributed by atoms with Gasteiger partial charge >= 0.3 is 0 Å². The number of hydrogen-bond acceptors (Lipinski definition) is 7. The molecule has 0 saturated carbocycles. The SMILES string of the molecule is CCc1ccc(-c2csc(NC(=O)CSc3nnnn3-c3ccccc3)n2)cc1. The number of benzene rings is 2. The first-order valence-electron chi connectivity index (χ1n) is 9.04. The maximum Gasteiger partial charge on any atom is 0.236 e. The molecule has 4 aromatic rings. The van der Waals surface area contributed by atoms with Crippen molar-refractivity contribution in [3.8, 4) is 16.9 Å². The molecule has 0 saturated heterocycles. The predicted molar refractivity (Wildman–Crippen MR) is 115 cm³/mol. The smallest absolute Gasteiger partial charge is 0.236 e. The van der Waals surface area contributed by atoms with E-state index in [1.54, 1.807) is 4.68 Å². The molecule has 0 aliphatic rings. The molecule has 1 N–H and O–H groups in total. The topological polar surface area (TPSA) is 85.6 Å². The highest BCUT2D eigenvalue weighted by molar-refractivity contribution is 7.99. The highest BCUT2D eigenvalue weighted by Crippen LogP contribution is 2.26. The molecule has 2 aromatic carbocycles. The standard InChI is InChI=1S/C20H18N6OS2/c1-2-14-8-10-15(11-9-14)17-12-28-19(21-17)22-18(27)13-29-20-23-24-25-26(20)16-6-4-3-5-7-16/h3-12H,2,13H2,1H3,(H,21,22,27). The first-order valence-corrected chi connectivity index (χ1v) is 10.9. The molecular formula is C20H18N6OS2. The summed E-state index contributed by atoms with van der Waals surface area (Å²) in [6.45, 7) is 2.13. The van der Waals surface area contributed by atoms with Gasteiger partial charge in [0, 0.05) is 10.9 Å². The number of nitrogens with zero attached hydrogens (tertiary/aromatic N) is 5. The minimum atomic E-state index is -0.153. The number of tetrazole rings is 1. The van der Waals surface area contributed by atoms with Gasteiger partial charge in [0.2, 0.25) is 11.1 Å². The summed E-state index contributed by atoms with van der Waals surface area (Å²) >= 11 is 2.68. The van der Waals surface area contributed by atoms with E-state index < -0.39 is 0 Å². The minimum absolute atomic E-state index is 0.153. The van der Waals surface area contributed by atoms with Gasteiger partial charge in [-0.2, -0.15) is 4.68 Å². The highest BCUT2D eigenvalue weighted by Gasteiger charge is 2.13. The molecule has 0 bridgehead atoms. The fourth-order valence-electron chi connectivity index (χ4n) is 2.66. The molecule has 2 heterocycles. The molecule has 2 aromatic heterocycles. The van der Waals surface area contributed by atoms with Crippen molar-refractivity contribution in [2.24, 2.45) is 0 Å². The lowest BCUT2D eigenvalue weighted by Gasteiger charge is -2.04. The van der Waals surface area contributed by atoms with Crippen molar-refractivity contribution < 1.29 is 4.79 Å². The average Bonchev–Trinajstić information content (AvgIpc) is 3.42. The Morgan fingerprint density at radius 2 is 1.93 bits per heavy atom. The molecule has 4 rings (SSSR count). The molecule has 29 heavy (non-hydrogen) atoms. The average molecular weight is 423 g/mol. The van der Waals surface area contributed by atoms with Crippen LogP contribution < -0.4 is 5.32 Å². The van der Waals surface area contributed by atoms with Gasteiger partial charge in [-0.05, 0) is 34.5 Å². The van der Waals surface area contributed by atoms with Crippen LogP contribution in [0.4, 0.5) is 5.13 Å². The second-order valence-electron chi connectivity index (χ2n) is 6.13. The lowest BCUT2D eigenvalue weighted by atomic mass is 10.1. The molecular weight excluding hydrogens is 404 g/mol. The van der Waals surface area contributed by atoms with E-state index >= 15 is 0 Å². The summed E-state index contributed by atoms with van der Waals surface area (Å²) in [6.07, 6.45) is 1.00. The first kappa shape index (κ1) is 19.3. The Morgan fingerprint density at radius 1 is 1.14 bits per heavy atom. The van der Waals surface area contributed by atoms with Gasteiger partial charge < -0.3 is 5.32 Å². The summed E-state index contributed by atoms with van der Waals surface area (Å²) in [5.41, 5.74) is 4.02. The highest BCUT2D eigenvalue weighted by atomic mass is 32.2. The molecule has 7 nitrogen and oxygen atoms in total. The lowest BCUT2D eigenvalue weighted by molar-refractivity contribution is -0.113. The molecule has 0 fully saturated rings. The van der Waals surface area contributed by atoms with Crippen LogP contribution in [0.15, 0.2) is 65.1 Å². The van der Waals surface area contributed by atoms with Crippen molar-refractivity contribution in [2.75, 3.05) is 11.1 Å². The molecule has 1 amide bonds. The van der Waals surface area contributed by atoms with Crippen LogP contribution in [0.1, 0.15) is 12.5 Å². The van der Waals surface area contributed by atoms with E-state index in [4.69, 9.17) is 0 Å². The number of thiazole rings is 1. The second-order valence-corrected chi connectivity index (χ2v) is 7.93. The summed E-state index contributed by atoms with van der Waals surface area (Å²) in [4.78, 5) is 16.9. The second kappa shape index (κ2) is 8.97.